The minimum Gasteiger partial charge on any atom is -0.393 e. The highest BCUT2D eigenvalue weighted by Gasteiger charge is 2.17. The van der Waals surface area contributed by atoms with Gasteiger partial charge < -0.3 is 19.8 Å². The summed E-state index contributed by atoms with van der Waals surface area (Å²) in [5, 5.41) is 17.1. The Hall–Kier alpha value is -2.93. The van der Waals surface area contributed by atoms with Crippen LogP contribution >= 0.6 is 0 Å². The van der Waals surface area contributed by atoms with Gasteiger partial charge in [-0.25, -0.2) is 4.98 Å². The monoisotopic (exact) mass is 352 g/mol. The quantitative estimate of drug-likeness (QED) is 0.753. The van der Waals surface area contributed by atoms with Gasteiger partial charge in [-0.2, -0.15) is 0 Å². The number of benzene rings is 1. The molecule has 7 nitrogen and oxygen atoms in total. The van der Waals surface area contributed by atoms with Crippen LogP contribution in [0.5, 0.6) is 0 Å². The highest BCUT2D eigenvalue weighted by atomic mass is 16.5. The molecule has 134 valence electrons. The number of aliphatic hydroxyl groups is 1. The lowest BCUT2D eigenvalue weighted by atomic mass is 10.1. The van der Waals surface area contributed by atoms with Gasteiger partial charge in [0.1, 0.15) is 0 Å². The number of anilines is 2. The molecule has 0 unspecified atom stereocenters. The predicted octanol–water partition coefficient (Wildman–Crippen LogP) is 2.74. The van der Waals surface area contributed by atoms with Gasteiger partial charge in [0, 0.05) is 24.3 Å². The fourth-order valence-electron chi connectivity index (χ4n) is 3.16. The number of piperidine rings is 1. The van der Waals surface area contributed by atoms with Crippen LogP contribution in [0.3, 0.4) is 0 Å². The Balaban J connectivity index is 1.46. The molecule has 1 aliphatic heterocycles. The third-order valence-corrected chi connectivity index (χ3v) is 4.73. The molecule has 0 aliphatic carbocycles. The molecule has 1 aromatic carbocycles. The molecule has 26 heavy (non-hydrogen) atoms. The van der Waals surface area contributed by atoms with E-state index in [2.05, 4.69) is 20.4 Å². The average Bonchev–Trinajstić information content (AvgIpc) is 3.03. The summed E-state index contributed by atoms with van der Waals surface area (Å²) in [4.78, 5) is 18.9. The zero-order valence-electron chi connectivity index (χ0n) is 14.5. The normalized spacial score (nSPS) is 15.4. The van der Waals surface area contributed by atoms with Crippen molar-refractivity contribution in [3.05, 3.63) is 47.8 Å². The summed E-state index contributed by atoms with van der Waals surface area (Å²) in [5.41, 5.74) is 3.43. The molecule has 0 radical (unpaired) electrons. The van der Waals surface area contributed by atoms with E-state index in [0.29, 0.717) is 17.0 Å². The van der Waals surface area contributed by atoms with Gasteiger partial charge in [0.25, 0.3) is 11.6 Å². The largest absolute Gasteiger partial charge is 0.393 e. The van der Waals surface area contributed by atoms with Crippen LogP contribution < -0.4 is 10.2 Å². The molecular formula is C19H20N4O3. The number of pyridine rings is 1. The Morgan fingerprint density at radius 3 is 2.73 bits per heavy atom. The second kappa shape index (κ2) is 6.76. The third-order valence-electron chi connectivity index (χ3n) is 4.73. The molecule has 0 saturated carbocycles. The van der Waals surface area contributed by atoms with Crippen molar-refractivity contribution in [2.75, 3.05) is 23.3 Å². The maximum absolute atomic E-state index is 12.5. The molecule has 1 aliphatic rings. The molecular weight excluding hydrogens is 332 g/mol. The van der Waals surface area contributed by atoms with Crippen molar-refractivity contribution in [2.45, 2.75) is 25.9 Å². The molecule has 0 atom stereocenters. The van der Waals surface area contributed by atoms with Gasteiger partial charge in [0.2, 0.25) is 0 Å². The number of carbonyl (C=O) groups excluding carboxylic acids is 1. The van der Waals surface area contributed by atoms with Gasteiger partial charge in [0.05, 0.1) is 29.1 Å². The zero-order chi connectivity index (χ0) is 18.1. The highest BCUT2D eigenvalue weighted by Crippen LogP contribution is 2.22. The Bertz CT molecular complexity index is 928. The van der Waals surface area contributed by atoms with Gasteiger partial charge >= 0.3 is 0 Å². The Labute approximate surface area is 150 Å². The second-order valence-electron chi connectivity index (χ2n) is 6.56. The smallest absolute Gasteiger partial charge is 0.258 e. The van der Waals surface area contributed by atoms with Gasteiger partial charge in [0.15, 0.2) is 0 Å². The van der Waals surface area contributed by atoms with Crippen molar-refractivity contribution < 1.29 is 14.4 Å². The molecule has 1 saturated heterocycles. The number of hydrogen-bond donors (Lipinski definition) is 2. The molecule has 2 N–H and O–H groups in total. The van der Waals surface area contributed by atoms with Crippen LogP contribution in [0.1, 0.15) is 28.9 Å². The summed E-state index contributed by atoms with van der Waals surface area (Å²) < 4.78 is 5.08. The Morgan fingerprint density at radius 2 is 2.00 bits per heavy atom. The maximum Gasteiger partial charge on any atom is 0.258 e. The van der Waals surface area contributed by atoms with Crippen LogP contribution in [0.15, 0.2) is 41.1 Å². The fraction of sp³-hybridized carbons (Fsp3) is 0.316. The standard InChI is InChI=1S/C19H20N4O3/c1-12-17-10-14(11-20-19(17)26-22-12)21-18(25)13-2-4-15(5-3-13)23-8-6-16(24)7-9-23/h2-5,10-11,16,24H,6-9H2,1H3,(H,21,25). The number of aliphatic hydroxyl groups excluding tert-OH is 1. The first-order chi connectivity index (χ1) is 12.6. The van der Waals surface area contributed by atoms with Crippen molar-refractivity contribution in [1.29, 1.82) is 0 Å². The summed E-state index contributed by atoms with van der Waals surface area (Å²) in [7, 11) is 0. The van der Waals surface area contributed by atoms with Crippen molar-refractivity contribution in [1.82, 2.24) is 10.1 Å². The van der Waals surface area contributed by atoms with Crippen molar-refractivity contribution >= 4 is 28.4 Å². The molecule has 1 fully saturated rings. The number of carbonyl (C=O) groups is 1. The third kappa shape index (κ3) is 3.25. The first-order valence-corrected chi connectivity index (χ1v) is 8.66. The van der Waals surface area contributed by atoms with Crippen LogP contribution in [0.2, 0.25) is 0 Å². The number of rotatable bonds is 3. The average molecular weight is 352 g/mol. The minimum absolute atomic E-state index is 0.194. The Morgan fingerprint density at radius 1 is 1.27 bits per heavy atom. The van der Waals surface area contributed by atoms with Crippen molar-refractivity contribution in [2.24, 2.45) is 0 Å². The summed E-state index contributed by atoms with van der Waals surface area (Å²) in [5.74, 6) is -0.194. The first kappa shape index (κ1) is 16.5. The number of aromatic nitrogens is 2. The van der Waals surface area contributed by atoms with Crippen LogP contribution in [-0.4, -0.2) is 40.3 Å². The Kier molecular flexibility index (Phi) is 4.30. The minimum atomic E-state index is -0.198. The summed E-state index contributed by atoms with van der Waals surface area (Å²) in [6.07, 6.45) is 2.91. The number of hydrogen-bond acceptors (Lipinski definition) is 6. The van der Waals surface area contributed by atoms with E-state index >= 15 is 0 Å². The first-order valence-electron chi connectivity index (χ1n) is 8.66. The van der Waals surface area contributed by atoms with Crippen LogP contribution in [0.4, 0.5) is 11.4 Å². The molecule has 3 aromatic rings. The van der Waals surface area contributed by atoms with E-state index in [4.69, 9.17) is 4.52 Å². The number of fused-ring (bicyclic) bond motifs is 1. The highest BCUT2D eigenvalue weighted by molar-refractivity contribution is 6.05. The van der Waals surface area contributed by atoms with E-state index in [1.165, 1.54) is 0 Å². The lowest BCUT2D eigenvalue weighted by Gasteiger charge is -2.31. The SMILES string of the molecule is Cc1noc2ncc(NC(=O)c3ccc(N4CCC(O)CC4)cc3)cc12. The molecule has 1 amide bonds. The van der Waals surface area contributed by atoms with E-state index in [1.807, 2.05) is 31.2 Å². The zero-order valence-corrected chi connectivity index (χ0v) is 14.5. The van der Waals surface area contributed by atoms with E-state index in [9.17, 15) is 9.90 Å². The van der Waals surface area contributed by atoms with Crippen LogP contribution in [0.25, 0.3) is 11.1 Å². The van der Waals surface area contributed by atoms with Gasteiger partial charge in [-0.1, -0.05) is 5.16 Å². The number of aryl methyl sites for hydroxylation is 1. The fourth-order valence-corrected chi connectivity index (χ4v) is 3.16. The predicted molar refractivity (Wildman–Crippen MR) is 98.4 cm³/mol. The second-order valence-corrected chi connectivity index (χ2v) is 6.56. The molecule has 3 heterocycles. The number of nitrogens with zero attached hydrogens (tertiary/aromatic N) is 3. The van der Waals surface area contributed by atoms with E-state index in [0.717, 1.165) is 42.7 Å². The van der Waals surface area contributed by atoms with Crippen LogP contribution in [0, 0.1) is 6.92 Å². The lowest BCUT2D eigenvalue weighted by Crippen LogP contribution is -2.35. The van der Waals surface area contributed by atoms with E-state index in [-0.39, 0.29) is 12.0 Å². The van der Waals surface area contributed by atoms with Gasteiger partial charge in [-0.05, 0) is 50.1 Å². The van der Waals surface area contributed by atoms with E-state index in [1.54, 1.807) is 12.3 Å². The van der Waals surface area contributed by atoms with Gasteiger partial charge in [-0.15, -0.1) is 0 Å². The number of nitrogens with one attached hydrogen (secondary N) is 1. The van der Waals surface area contributed by atoms with Crippen molar-refractivity contribution in [3.8, 4) is 0 Å². The molecule has 7 heteroatoms. The molecule has 2 aromatic heterocycles. The molecule has 4 rings (SSSR count). The topological polar surface area (TPSA) is 91.5 Å². The maximum atomic E-state index is 12.5. The summed E-state index contributed by atoms with van der Waals surface area (Å²) >= 11 is 0. The molecule has 0 bridgehead atoms. The molecule has 0 spiro atoms. The van der Waals surface area contributed by atoms with Crippen LogP contribution in [-0.2, 0) is 0 Å². The lowest BCUT2D eigenvalue weighted by molar-refractivity contribution is 0.102. The van der Waals surface area contributed by atoms with Crippen molar-refractivity contribution in [3.63, 3.8) is 0 Å². The van der Waals surface area contributed by atoms with Gasteiger partial charge in [-0.3, -0.25) is 4.79 Å². The summed E-state index contributed by atoms with van der Waals surface area (Å²) in [6, 6.07) is 9.31. The summed E-state index contributed by atoms with van der Waals surface area (Å²) in [6.45, 7) is 3.49. The number of amides is 1. The van der Waals surface area contributed by atoms with E-state index < -0.39 is 0 Å².